The molecule has 0 aliphatic heterocycles. The number of esters is 1. The third-order valence-corrected chi connectivity index (χ3v) is 3.77. The lowest BCUT2D eigenvalue weighted by atomic mass is 10.2. The Morgan fingerprint density at radius 2 is 2.00 bits per heavy atom. The first-order valence-corrected chi connectivity index (χ1v) is 7.50. The Balaban J connectivity index is 2.86. The average molecular weight is 297 g/mol. The van der Waals surface area contributed by atoms with Crippen molar-refractivity contribution in [3.8, 4) is 0 Å². The standard InChI is InChI=1S/C13H15NO5S/c1-3-8-20(17,18)9-12(15)14-11-7-5-4-6-10(11)13(16)19-2/h3-7H,1,8-9H2,2H3,(H,14,15). The minimum atomic E-state index is -3.54. The van der Waals surface area contributed by atoms with Gasteiger partial charge in [-0.3, -0.25) is 4.79 Å². The first-order valence-electron chi connectivity index (χ1n) is 5.68. The molecule has 20 heavy (non-hydrogen) atoms. The number of benzene rings is 1. The second-order valence-electron chi connectivity index (χ2n) is 3.93. The number of methoxy groups -OCH3 is 1. The highest BCUT2D eigenvalue weighted by molar-refractivity contribution is 7.92. The van der Waals surface area contributed by atoms with Gasteiger partial charge < -0.3 is 10.1 Å². The summed E-state index contributed by atoms with van der Waals surface area (Å²) in [4.78, 5) is 23.2. The second kappa shape index (κ2) is 6.85. The lowest BCUT2D eigenvalue weighted by Crippen LogP contribution is -2.25. The van der Waals surface area contributed by atoms with E-state index in [1.54, 1.807) is 12.1 Å². The first kappa shape index (κ1) is 15.9. The van der Waals surface area contributed by atoms with Crippen molar-refractivity contribution in [3.63, 3.8) is 0 Å². The lowest BCUT2D eigenvalue weighted by molar-refractivity contribution is -0.113. The third-order valence-electron chi connectivity index (χ3n) is 2.33. The second-order valence-corrected chi connectivity index (χ2v) is 6.04. The van der Waals surface area contributed by atoms with Crippen LogP contribution in [0, 0.1) is 0 Å². The maximum Gasteiger partial charge on any atom is 0.339 e. The fourth-order valence-electron chi connectivity index (χ4n) is 1.50. The number of hydrogen-bond acceptors (Lipinski definition) is 5. The van der Waals surface area contributed by atoms with Crippen molar-refractivity contribution in [1.82, 2.24) is 0 Å². The van der Waals surface area contributed by atoms with Crippen LogP contribution in [-0.2, 0) is 19.4 Å². The number of ether oxygens (including phenoxy) is 1. The summed E-state index contributed by atoms with van der Waals surface area (Å²) in [5.74, 6) is -2.29. The molecule has 0 saturated carbocycles. The van der Waals surface area contributed by atoms with Crippen molar-refractivity contribution in [3.05, 3.63) is 42.5 Å². The highest BCUT2D eigenvalue weighted by atomic mass is 32.2. The van der Waals surface area contributed by atoms with Crippen molar-refractivity contribution in [2.24, 2.45) is 0 Å². The molecule has 1 rings (SSSR count). The number of carbonyl (C=O) groups is 2. The Bertz CT molecular complexity index is 621. The summed E-state index contributed by atoms with van der Waals surface area (Å²) in [5, 5.41) is 2.39. The third kappa shape index (κ3) is 4.51. The average Bonchev–Trinajstić information content (AvgIpc) is 2.37. The molecular weight excluding hydrogens is 282 g/mol. The van der Waals surface area contributed by atoms with E-state index in [-0.39, 0.29) is 17.0 Å². The predicted molar refractivity (Wildman–Crippen MR) is 75.3 cm³/mol. The molecule has 0 unspecified atom stereocenters. The van der Waals surface area contributed by atoms with Gasteiger partial charge in [0, 0.05) is 0 Å². The molecule has 0 spiro atoms. The number of sulfone groups is 1. The highest BCUT2D eigenvalue weighted by Gasteiger charge is 2.18. The highest BCUT2D eigenvalue weighted by Crippen LogP contribution is 2.16. The van der Waals surface area contributed by atoms with Gasteiger partial charge in [-0.25, -0.2) is 13.2 Å². The number of amides is 1. The fraction of sp³-hybridized carbons (Fsp3) is 0.231. The zero-order chi connectivity index (χ0) is 15.2. The molecule has 108 valence electrons. The van der Waals surface area contributed by atoms with Gasteiger partial charge in [0.15, 0.2) is 9.84 Å². The molecule has 0 aromatic heterocycles. The summed E-state index contributed by atoms with van der Waals surface area (Å²) in [5.41, 5.74) is 0.364. The van der Waals surface area contributed by atoms with E-state index in [0.717, 1.165) is 0 Å². The molecule has 0 aliphatic rings. The normalized spacial score (nSPS) is 10.7. The van der Waals surface area contributed by atoms with E-state index in [0.29, 0.717) is 0 Å². The van der Waals surface area contributed by atoms with Crippen molar-refractivity contribution < 1.29 is 22.7 Å². The van der Waals surface area contributed by atoms with E-state index >= 15 is 0 Å². The maximum atomic E-state index is 11.7. The van der Waals surface area contributed by atoms with Gasteiger partial charge in [-0.15, -0.1) is 6.58 Å². The van der Waals surface area contributed by atoms with E-state index < -0.39 is 27.5 Å². The molecule has 0 heterocycles. The molecule has 0 bridgehead atoms. The van der Waals surface area contributed by atoms with Crippen molar-refractivity contribution in [2.45, 2.75) is 0 Å². The Morgan fingerprint density at radius 1 is 1.35 bits per heavy atom. The summed E-state index contributed by atoms with van der Waals surface area (Å²) >= 11 is 0. The summed E-state index contributed by atoms with van der Waals surface area (Å²) in [6, 6.07) is 6.18. The van der Waals surface area contributed by atoms with Gasteiger partial charge in [-0.2, -0.15) is 0 Å². The minimum Gasteiger partial charge on any atom is -0.465 e. The molecule has 7 heteroatoms. The van der Waals surface area contributed by atoms with Crippen molar-refractivity contribution >= 4 is 27.4 Å². The smallest absolute Gasteiger partial charge is 0.339 e. The molecule has 6 nitrogen and oxygen atoms in total. The van der Waals surface area contributed by atoms with E-state index in [1.165, 1.54) is 25.3 Å². The van der Waals surface area contributed by atoms with Crippen LogP contribution >= 0.6 is 0 Å². The van der Waals surface area contributed by atoms with Gasteiger partial charge in [-0.05, 0) is 12.1 Å². The zero-order valence-electron chi connectivity index (χ0n) is 11.0. The molecule has 0 atom stereocenters. The summed E-state index contributed by atoms with van der Waals surface area (Å²) in [7, 11) is -2.32. The number of rotatable bonds is 6. The Kier molecular flexibility index (Phi) is 5.45. The number of hydrogen-bond donors (Lipinski definition) is 1. The lowest BCUT2D eigenvalue weighted by Gasteiger charge is -2.09. The number of carbonyl (C=O) groups excluding carboxylic acids is 2. The van der Waals surface area contributed by atoms with Crippen LogP contribution in [0.4, 0.5) is 5.69 Å². The molecule has 1 amide bonds. The van der Waals surface area contributed by atoms with Gasteiger partial charge >= 0.3 is 5.97 Å². The molecule has 0 radical (unpaired) electrons. The van der Waals surface area contributed by atoms with Gasteiger partial charge in [0.05, 0.1) is 24.1 Å². The number of anilines is 1. The summed E-state index contributed by atoms with van der Waals surface area (Å²) < 4.78 is 27.5. The van der Waals surface area contributed by atoms with Crippen LogP contribution < -0.4 is 5.32 Å². The van der Waals surface area contributed by atoms with Gasteiger partial charge in [0.1, 0.15) is 5.75 Å². The summed E-state index contributed by atoms with van der Waals surface area (Å²) in [6.45, 7) is 3.31. The van der Waals surface area contributed by atoms with Crippen molar-refractivity contribution in [1.29, 1.82) is 0 Å². The van der Waals surface area contributed by atoms with Gasteiger partial charge in [-0.1, -0.05) is 18.2 Å². The minimum absolute atomic E-state index is 0.157. The first-order chi connectivity index (χ1) is 9.39. The molecule has 0 aliphatic carbocycles. The van der Waals surface area contributed by atoms with E-state index in [1.807, 2.05) is 0 Å². The quantitative estimate of drug-likeness (QED) is 0.625. The van der Waals surface area contributed by atoms with E-state index in [9.17, 15) is 18.0 Å². The largest absolute Gasteiger partial charge is 0.465 e. The number of nitrogens with one attached hydrogen (secondary N) is 1. The molecule has 1 aromatic rings. The van der Waals surface area contributed by atoms with Crippen LogP contribution in [0.2, 0.25) is 0 Å². The van der Waals surface area contributed by atoms with Crippen LogP contribution in [0.1, 0.15) is 10.4 Å². The Morgan fingerprint density at radius 3 is 2.60 bits per heavy atom. The van der Waals surface area contributed by atoms with Gasteiger partial charge in [0.25, 0.3) is 0 Å². The molecule has 0 saturated heterocycles. The topological polar surface area (TPSA) is 89.5 Å². The van der Waals surface area contributed by atoms with Crippen molar-refractivity contribution in [2.75, 3.05) is 23.9 Å². The Labute approximate surface area is 117 Å². The fourth-order valence-corrected chi connectivity index (χ4v) is 2.45. The SMILES string of the molecule is C=CCS(=O)(=O)CC(=O)Nc1ccccc1C(=O)OC. The summed E-state index contributed by atoms with van der Waals surface area (Å²) in [6.07, 6.45) is 1.21. The van der Waals surface area contributed by atoms with Crippen LogP contribution in [0.25, 0.3) is 0 Å². The predicted octanol–water partition coefficient (Wildman–Crippen LogP) is 1.01. The monoisotopic (exact) mass is 297 g/mol. The van der Waals surface area contributed by atoms with Crippen LogP contribution in [-0.4, -0.2) is 38.9 Å². The Hall–Kier alpha value is -2.15. The molecular formula is C13H15NO5S. The van der Waals surface area contributed by atoms with E-state index in [4.69, 9.17) is 0 Å². The van der Waals surface area contributed by atoms with Crippen LogP contribution in [0.5, 0.6) is 0 Å². The molecule has 1 N–H and O–H groups in total. The molecule has 0 fully saturated rings. The van der Waals surface area contributed by atoms with Crippen LogP contribution in [0.3, 0.4) is 0 Å². The zero-order valence-corrected chi connectivity index (χ0v) is 11.8. The maximum absolute atomic E-state index is 11.7. The number of para-hydroxylation sites is 1. The van der Waals surface area contributed by atoms with Crippen LogP contribution in [0.15, 0.2) is 36.9 Å². The van der Waals surface area contributed by atoms with E-state index in [2.05, 4.69) is 16.6 Å². The van der Waals surface area contributed by atoms with Gasteiger partial charge in [0.2, 0.25) is 5.91 Å². The molecule has 1 aromatic carbocycles.